The first-order valence-electron chi connectivity index (χ1n) is 12.4. The minimum absolute atomic E-state index is 0.0621. The van der Waals surface area contributed by atoms with Gasteiger partial charge in [0.1, 0.15) is 5.60 Å². The van der Waals surface area contributed by atoms with Gasteiger partial charge in [-0.3, -0.25) is 9.48 Å². The first-order chi connectivity index (χ1) is 18.6. The average Bonchev–Trinajstić information content (AvgIpc) is 3.57. The molecule has 0 fully saturated rings. The van der Waals surface area contributed by atoms with Gasteiger partial charge in [0.15, 0.2) is 5.69 Å². The summed E-state index contributed by atoms with van der Waals surface area (Å²) in [6.45, 7) is 14.3. The Hall–Kier alpha value is -4.75. The number of aromatic amines is 1. The maximum Gasteiger partial charge on any atom is 0.407 e. The fourth-order valence-electron chi connectivity index (χ4n) is 4.57. The van der Waals surface area contributed by atoms with Crippen molar-refractivity contribution in [1.29, 1.82) is 0 Å². The van der Waals surface area contributed by atoms with Crippen molar-refractivity contribution < 1.29 is 14.3 Å². The molecule has 0 saturated heterocycles. The zero-order valence-corrected chi connectivity index (χ0v) is 22.2. The molecule has 0 radical (unpaired) electrons. The lowest BCUT2D eigenvalue weighted by atomic mass is 9.95. The zero-order valence-electron chi connectivity index (χ0n) is 22.2. The van der Waals surface area contributed by atoms with E-state index in [0.717, 1.165) is 33.5 Å². The minimum Gasteiger partial charge on any atom is -0.444 e. The molecule has 0 spiro atoms. The van der Waals surface area contributed by atoms with Gasteiger partial charge in [-0.1, -0.05) is 30.3 Å². The number of carbonyl (C=O) groups excluding carboxylic acids is 1. The van der Waals surface area contributed by atoms with Gasteiger partial charge >= 0.3 is 6.09 Å². The maximum atomic E-state index is 12.5. The van der Waals surface area contributed by atoms with Gasteiger partial charge < -0.3 is 14.8 Å². The summed E-state index contributed by atoms with van der Waals surface area (Å²) >= 11 is 0. The molecule has 5 rings (SSSR count). The van der Waals surface area contributed by atoms with Crippen LogP contribution < -0.4 is 10.9 Å². The molecule has 0 saturated carbocycles. The van der Waals surface area contributed by atoms with Crippen molar-refractivity contribution in [2.24, 2.45) is 7.05 Å². The van der Waals surface area contributed by atoms with Crippen LogP contribution in [0.25, 0.3) is 43.6 Å². The summed E-state index contributed by atoms with van der Waals surface area (Å²) in [4.78, 5) is 28.5. The number of rotatable bonds is 5. The second-order valence-corrected chi connectivity index (χ2v) is 10.2. The molecule has 10 nitrogen and oxygen atoms in total. The molecule has 0 unspecified atom stereocenters. The van der Waals surface area contributed by atoms with Crippen molar-refractivity contribution in [2.45, 2.75) is 32.9 Å². The average molecular weight is 525 g/mol. The lowest BCUT2D eigenvalue weighted by molar-refractivity contribution is 0.0523. The van der Waals surface area contributed by atoms with Gasteiger partial charge in [0.25, 0.3) is 5.56 Å². The van der Waals surface area contributed by atoms with Crippen molar-refractivity contribution in [1.82, 2.24) is 25.3 Å². The highest BCUT2D eigenvalue weighted by atomic mass is 16.6. The zero-order chi connectivity index (χ0) is 27.7. The number of nitrogens with zero attached hydrogens (tertiary/aromatic N) is 4. The van der Waals surface area contributed by atoms with Crippen LogP contribution in [0.15, 0.2) is 53.5 Å². The molecule has 3 heterocycles. The van der Waals surface area contributed by atoms with Crippen molar-refractivity contribution in [3.63, 3.8) is 0 Å². The Morgan fingerprint density at radius 1 is 1.18 bits per heavy atom. The third-order valence-corrected chi connectivity index (χ3v) is 6.36. The monoisotopic (exact) mass is 524 g/mol. The summed E-state index contributed by atoms with van der Waals surface area (Å²) in [6, 6.07) is 11.2. The molecule has 0 aliphatic carbocycles. The number of aromatic nitrogens is 4. The maximum absolute atomic E-state index is 12.5. The summed E-state index contributed by atoms with van der Waals surface area (Å²) in [5.41, 5.74) is 5.20. The summed E-state index contributed by atoms with van der Waals surface area (Å²) in [5.74, 6) is 0. The normalized spacial score (nSPS) is 13.3. The van der Waals surface area contributed by atoms with E-state index in [2.05, 4.69) is 25.5 Å². The summed E-state index contributed by atoms with van der Waals surface area (Å²) < 4.78 is 12.6. The van der Waals surface area contributed by atoms with Crippen LogP contribution in [0, 0.1) is 6.57 Å². The topological polar surface area (TPSA) is 115 Å². The van der Waals surface area contributed by atoms with Crippen LogP contribution in [0.5, 0.6) is 0 Å². The molecule has 1 amide bonds. The number of benzene rings is 2. The highest BCUT2D eigenvalue weighted by Crippen LogP contribution is 2.39. The van der Waals surface area contributed by atoms with E-state index >= 15 is 0 Å². The van der Waals surface area contributed by atoms with Crippen LogP contribution in [-0.4, -0.2) is 44.9 Å². The third-order valence-electron chi connectivity index (χ3n) is 6.36. The Bertz CT molecular complexity index is 1720. The van der Waals surface area contributed by atoms with E-state index in [0.29, 0.717) is 35.4 Å². The predicted octanol–water partition coefficient (Wildman–Crippen LogP) is 4.98. The van der Waals surface area contributed by atoms with Crippen molar-refractivity contribution >= 4 is 28.1 Å². The number of ether oxygens (including phenoxy) is 2. The quantitative estimate of drug-likeness (QED) is 0.356. The molecular formula is C29H28N6O4. The molecule has 0 atom stereocenters. The van der Waals surface area contributed by atoms with Gasteiger partial charge in [-0.25, -0.2) is 14.7 Å². The standard InChI is InChI=1S/C29H28N6O4/c1-29(2,3)39-28(37)31-15-25-21-13-18(6-8-20(21)27(36)34-33-25)23-14-32-35(5)26(23)22-12-17(7-9-24(22)30-4)19-10-11-38-16-19/h6-10,12-14H,11,15-16H2,1-3,5H3,(H,31,37)(H,34,36). The Morgan fingerprint density at radius 2 is 1.97 bits per heavy atom. The Kier molecular flexibility index (Phi) is 6.76. The molecular weight excluding hydrogens is 496 g/mol. The van der Waals surface area contributed by atoms with E-state index in [9.17, 15) is 9.59 Å². The Labute approximate surface area is 225 Å². The number of H-pyrrole nitrogens is 1. The molecule has 2 N–H and O–H groups in total. The lowest BCUT2D eigenvalue weighted by Gasteiger charge is -2.19. The van der Waals surface area contributed by atoms with Crippen molar-refractivity contribution in [3.05, 3.63) is 81.7 Å². The van der Waals surface area contributed by atoms with E-state index in [-0.39, 0.29) is 12.1 Å². The SMILES string of the molecule is [C-]#[N+]c1ccc(C2=CCOC2)cc1-c1c(-c2ccc3c(=O)[nH]nc(CNC(=O)OC(C)(C)C)c3c2)cnn1C. The van der Waals surface area contributed by atoms with E-state index in [1.807, 2.05) is 43.5 Å². The second-order valence-electron chi connectivity index (χ2n) is 10.2. The van der Waals surface area contributed by atoms with E-state index < -0.39 is 11.7 Å². The molecule has 2 aromatic heterocycles. The number of carbonyl (C=O) groups is 1. The number of amides is 1. The third kappa shape index (κ3) is 5.30. The van der Waals surface area contributed by atoms with E-state index in [1.54, 1.807) is 37.7 Å². The molecule has 10 heteroatoms. The fourth-order valence-corrected chi connectivity index (χ4v) is 4.57. The number of fused-ring (bicyclic) bond motifs is 1. The fraction of sp³-hybridized carbons (Fsp3) is 0.276. The van der Waals surface area contributed by atoms with Crippen molar-refractivity contribution in [3.8, 4) is 22.4 Å². The number of alkyl carbamates (subject to hydrolysis) is 1. The van der Waals surface area contributed by atoms with Crippen LogP contribution in [0.4, 0.5) is 10.5 Å². The van der Waals surface area contributed by atoms with Gasteiger partial charge in [0, 0.05) is 23.6 Å². The number of hydrogen-bond donors (Lipinski definition) is 2. The van der Waals surface area contributed by atoms with Crippen molar-refractivity contribution in [2.75, 3.05) is 13.2 Å². The van der Waals surface area contributed by atoms with Gasteiger partial charge in [0.05, 0.1) is 49.3 Å². The highest BCUT2D eigenvalue weighted by molar-refractivity contribution is 5.94. The van der Waals surface area contributed by atoms with E-state index in [4.69, 9.17) is 16.0 Å². The highest BCUT2D eigenvalue weighted by Gasteiger charge is 2.20. The summed E-state index contributed by atoms with van der Waals surface area (Å²) in [7, 11) is 1.83. The first-order valence-corrected chi connectivity index (χ1v) is 12.4. The number of hydrogen-bond acceptors (Lipinski definition) is 6. The molecule has 39 heavy (non-hydrogen) atoms. The van der Waals surface area contributed by atoms with Crippen LogP contribution in [0.2, 0.25) is 0 Å². The van der Waals surface area contributed by atoms with Gasteiger partial charge in [0.2, 0.25) is 0 Å². The van der Waals surface area contributed by atoms with Crippen LogP contribution in [0.1, 0.15) is 32.0 Å². The molecule has 4 aromatic rings. The second kappa shape index (κ2) is 10.2. The van der Waals surface area contributed by atoms with Gasteiger partial charge in [-0.05, 0) is 49.6 Å². The van der Waals surface area contributed by atoms with Crippen LogP contribution in [-0.2, 0) is 23.1 Å². The van der Waals surface area contributed by atoms with E-state index in [1.165, 1.54) is 0 Å². The Morgan fingerprint density at radius 3 is 2.69 bits per heavy atom. The van der Waals surface area contributed by atoms with Gasteiger partial charge in [-0.2, -0.15) is 10.2 Å². The van der Waals surface area contributed by atoms with Gasteiger partial charge in [-0.15, -0.1) is 0 Å². The Balaban J connectivity index is 1.58. The molecule has 198 valence electrons. The largest absolute Gasteiger partial charge is 0.444 e. The number of aryl methyl sites for hydroxylation is 1. The summed E-state index contributed by atoms with van der Waals surface area (Å²) in [5, 5.41) is 14.9. The number of nitrogens with one attached hydrogen (secondary N) is 2. The first kappa shape index (κ1) is 25.9. The van der Waals surface area contributed by atoms with Crippen LogP contribution in [0.3, 0.4) is 0 Å². The predicted molar refractivity (Wildman–Crippen MR) is 148 cm³/mol. The summed E-state index contributed by atoms with van der Waals surface area (Å²) in [6.07, 6.45) is 3.21. The molecule has 0 bridgehead atoms. The lowest BCUT2D eigenvalue weighted by Crippen LogP contribution is -2.32. The molecule has 2 aromatic carbocycles. The smallest absolute Gasteiger partial charge is 0.407 e. The molecule has 1 aliphatic rings. The minimum atomic E-state index is -0.642. The van der Waals surface area contributed by atoms with Crippen LogP contribution >= 0.6 is 0 Å². The molecule has 1 aliphatic heterocycles.